The Kier molecular flexibility index (Phi) is 6.60. The Balaban J connectivity index is 1.85. The van der Waals surface area contributed by atoms with Crippen LogP contribution in [0.2, 0.25) is 4.34 Å². The van der Waals surface area contributed by atoms with Gasteiger partial charge in [0.25, 0.3) is 5.91 Å². The fourth-order valence-corrected chi connectivity index (χ4v) is 3.64. The van der Waals surface area contributed by atoms with E-state index in [0.717, 1.165) is 18.4 Å². The van der Waals surface area contributed by atoms with E-state index in [4.69, 9.17) is 16.3 Å². The molecule has 2 N–H and O–H groups in total. The van der Waals surface area contributed by atoms with Gasteiger partial charge in [-0.1, -0.05) is 41.1 Å². The van der Waals surface area contributed by atoms with Gasteiger partial charge in [0.05, 0.1) is 6.20 Å². The van der Waals surface area contributed by atoms with Gasteiger partial charge in [0.15, 0.2) is 5.13 Å². The van der Waals surface area contributed by atoms with Crippen molar-refractivity contribution in [3.63, 3.8) is 0 Å². The first-order valence-electron chi connectivity index (χ1n) is 8.61. The highest BCUT2D eigenvalue weighted by Crippen LogP contribution is 2.27. The molecule has 2 heterocycles. The van der Waals surface area contributed by atoms with Crippen molar-refractivity contribution >= 4 is 51.1 Å². The maximum absolute atomic E-state index is 12.9. The van der Waals surface area contributed by atoms with Crippen LogP contribution in [0.3, 0.4) is 0 Å². The molecule has 0 unspecified atom stereocenters. The predicted octanol–water partition coefficient (Wildman–Crippen LogP) is 4.20. The van der Waals surface area contributed by atoms with Crippen LogP contribution in [0.25, 0.3) is 5.57 Å². The molecule has 1 aliphatic rings. The molecule has 1 fully saturated rings. The van der Waals surface area contributed by atoms with Crippen molar-refractivity contribution in [2.45, 2.75) is 19.8 Å². The second kappa shape index (κ2) is 9.12. The number of aromatic nitrogens is 1. The van der Waals surface area contributed by atoms with Crippen LogP contribution >= 0.6 is 22.9 Å². The number of amides is 2. The van der Waals surface area contributed by atoms with E-state index >= 15 is 0 Å². The molecule has 1 aliphatic heterocycles. The number of anilines is 2. The Morgan fingerprint density at radius 1 is 1.22 bits per heavy atom. The zero-order valence-corrected chi connectivity index (χ0v) is 16.4. The summed E-state index contributed by atoms with van der Waals surface area (Å²) in [5.74, 6) is -0.103. The molecule has 8 heteroatoms. The molecule has 1 saturated heterocycles. The van der Waals surface area contributed by atoms with E-state index in [1.807, 2.05) is 18.2 Å². The highest BCUT2D eigenvalue weighted by Gasteiger charge is 2.19. The number of hydrogen-bond acceptors (Lipinski definition) is 5. The third-order valence-corrected chi connectivity index (χ3v) is 5.16. The zero-order valence-electron chi connectivity index (χ0n) is 14.8. The monoisotopic (exact) mass is 405 g/mol. The number of ether oxygens (including phenoxy) is 1. The fraction of sp³-hybridized carbons (Fsp3) is 0.316. The summed E-state index contributed by atoms with van der Waals surface area (Å²) in [4.78, 5) is 28.2. The van der Waals surface area contributed by atoms with Crippen molar-refractivity contribution in [3.05, 3.63) is 46.4 Å². The lowest BCUT2D eigenvalue weighted by atomic mass is 9.94. The smallest absolute Gasteiger partial charge is 0.257 e. The van der Waals surface area contributed by atoms with E-state index < -0.39 is 0 Å². The molecule has 0 aliphatic carbocycles. The van der Waals surface area contributed by atoms with Crippen LogP contribution in [0, 0.1) is 5.92 Å². The topological polar surface area (TPSA) is 80.3 Å². The quantitative estimate of drug-likeness (QED) is 0.730. The van der Waals surface area contributed by atoms with Crippen LogP contribution in [0.1, 0.15) is 25.3 Å². The number of nitrogens with one attached hydrogen (secondary N) is 2. The van der Waals surface area contributed by atoms with Crippen LogP contribution in [-0.4, -0.2) is 30.0 Å². The first kappa shape index (κ1) is 19.5. The van der Waals surface area contributed by atoms with E-state index in [0.29, 0.717) is 33.9 Å². The van der Waals surface area contributed by atoms with Crippen LogP contribution in [0.15, 0.2) is 36.5 Å². The van der Waals surface area contributed by atoms with Gasteiger partial charge in [0, 0.05) is 31.4 Å². The standard InChI is InChI=1S/C19H20ClN3O3S/c1-12(24)22-15-4-2-14(3-5-15)16(10-13-6-8-26-9-7-13)18(25)23-19-21-11-17(20)27-19/h2-5,10-11,13H,6-9H2,1H3,(H,22,24)(H,21,23,25). The molecule has 2 amide bonds. The molecule has 0 radical (unpaired) electrons. The van der Waals surface area contributed by atoms with Crippen LogP contribution in [-0.2, 0) is 14.3 Å². The van der Waals surface area contributed by atoms with Crippen molar-refractivity contribution in [2.75, 3.05) is 23.8 Å². The summed E-state index contributed by atoms with van der Waals surface area (Å²) in [6.07, 6.45) is 5.26. The number of carbonyl (C=O) groups is 2. The number of nitrogens with zero attached hydrogens (tertiary/aromatic N) is 1. The van der Waals surface area contributed by atoms with Gasteiger partial charge in [-0.05, 0) is 36.5 Å². The van der Waals surface area contributed by atoms with E-state index in [9.17, 15) is 9.59 Å². The maximum Gasteiger partial charge on any atom is 0.257 e. The number of rotatable bonds is 5. The van der Waals surface area contributed by atoms with Crippen LogP contribution < -0.4 is 10.6 Å². The summed E-state index contributed by atoms with van der Waals surface area (Å²) in [7, 11) is 0. The fourth-order valence-electron chi connectivity index (χ4n) is 2.83. The number of hydrogen-bond donors (Lipinski definition) is 2. The molecule has 1 aromatic carbocycles. The summed E-state index contributed by atoms with van der Waals surface area (Å²) < 4.78 is 5.92. The van der Waals surface area contributed by atoms with Gasteiger partial charge in [0.2, 0.25) is 5.91 Å². The molecular weight excluding hydrogens is 386 g/mol. The molecular formula is C19H20ClN3O3S. The van der Waals surface area contributed by atoms with Crippen molar-refractivity contribution in [1.29, 1.82) is 0 Å². The second-order valence-corrected chi connectivity index (χ2v) is 7.87. The van der Waals surface area contributed by atoms with Gasteiger partial charge < -0.3 is 10.1 Å². The molecule has 3 rings (SSSR count). The summed E-state index contributed by atoms with van der Waals surface area (Å²) in [5, 5.41) is 5.99. The molecule has 0 atom stereocenters. The lowest BCUT2D eigenvalue weighted by Crippen LogP contribution is -2.18. The summed E-state index contributed by atoms with van der Waals surface area (Å²) in [6, 6.07) is 7.21. The Morgan fingerprint density at radius 2 is 1.93 bits per heavy atom. The number of benzene rings is 1. The van der Waals surface area contributed by atoms with Crippen molar-refractivity contribution in [2.24, 2.45) is 5.92 Å². The minimum Gasteiger partial charge on any atom is -0.381 e. The Bertz CT molecular complexity index is 842. The molecule has 0 spiro atoms. The minimum absolute atomic E-state index is 0.140. The molecule has 2 aromatic rings. The number of carbonyl (C=O) groups excluding carboxylic acids is 2. The minimum atomic E-state index is -0.236. The summed E-state index contributed by atoms with van der Waals surface area (Å²) >= 11 is 7.11. The van der Waals surface area contributed by atoms with E-state index in [1.54, 1.807) is 12.1 Å². The van der Waals surface area contributed by atoms with Gasteiger partial charge in [-0.3, -0.25) is 14.9 Å². The molecule has 0 saturated carbocycles. The number of thiazole rings is 1. The third kappa shape index (κ3) is 5.63. The van der Waals surface area contributed by atoms with E-state index in [-0.39, 0.29) is 17.7 Å². The van der Waals surface area contributed by atoms with Gasteiger partial charge in [-0.2, -0.15) is 0 Å². The Hall–Kier alpha value is -2.22. The maximum atomic E-state index is 12.9. The lowest BCUT2D eigenvalue weighted by Gasteiger charge is -2.20. The van der Waals surface area contributed by atoms with Crippen LogP contribution in [0.5, 0.6) is 0 Å². The Labute approximate surface area is 166 Å². The first-order chi connectivity index (χ1) is 13.0. The molecule has 1 aromatic heterocycles. The number of halogens is 1. The second-order valence-electron chi connectivity index (χ2n) is 6.21. The van der Waals surface area contributed by atoms with Crippen LogP contribution in [0.4, 0.5) is 10.8 Å². The van der Waals surface area contributed by atoms with Crippen molar-refractivity contribution in [1.82, 2.24) is 4.98 Å². The SMILES string of the molecule is CC(=O)Nc1ccc(C(=CC2CCOCC2)C(=O)Nc2ncc(Cl)s2)cc1. The predicted molar refractivity (Wildman–Crippen MR) is 108 cm³/mol. The van der Waals surface area contributed by atoms with E-state index in [2.05, 4.69) is 15.6 Å². The Morgan fingerprint density at radius 3 is 2.52 bits per heavy atom. The first-order valence-corrected chi connectivity index (χ1v) is 9.81. The number of allylic oxidation sites excluding steroid dienone is 1. The van der Waals surface area contributed by atoms with Crippen molar-refractivity contribution < 1.29 is 14.3 Å². The lowest BCUT2D eigenvalue weighted by molar-refractivity contribution is -0.114. The van der Waals surface area contributed by atoms with E-state index in [1.165, 1.54) is 24.5 Å². The largest absolute Gasteiger partial charge is 0.381 e. The third-order valence-electron chi connectivity index (χ3n) is 4.13. The van der Waals surface area contributed by atoms with Gasteiger partial charge in [0.1, 0.15) is 4.34 Å². The highest BCUT2D eigenvalue weighted by atomic mass is 35.5. The summed E-state index contributed by atoms with van der Waals surface area (Å²) in [5.41, 5.74) is 2.03. The van der Waals surface area contributed by atoms with Gasteiger partial charge in [-0.15, -0.1) is 0 Å². The normalized spacial score (nSPS) is 15.4. The van der Waals surface area contributed by atoms with Gasteiger partial charge in [-0.25, -0.2) is 4.98 Å². The zero-order chi connectivity index (χ0) is 19.2. The molecule has 0 bridgehead atoms. The van der Waals surface area contributed by atoms with Gasteiger partial charge >= 0.3 is 0 Å². The molecule has 142 valence electrons. The summed E-state index contributed by atoms with van der Waals surface area (Å²) in [6.45, 7) is 2.84. The molecule has 27 heavy (non-hydrogen) atoms. The highest BCUT2D eigenvalue weighted by molar-refractivity contribution is 7.19. The average Bonchev–Trinajstić information content (AvgIpc) is 3.05. The van der Waals surface area contributed by atoms with Crippen molar-refractivity contribution in [3.8, 4) is 0 Å². The molecule has 6 nitrogen and oxygen atoms in total. The average molecular weight is 406 g/mol.